The minimum absolute atomic E-state index is 0.0474. The minimum Gasteiger partial charge on any atom is -0.458 e. The van der Waals surface area contributed by atoms with Crippen LogP contribution in [-0.2, 0) is 28.1 Å². The van der Waals surface area contributed by atoms with E-state index < -0.39 is 12.1 Å². The summed E-state index contributed by atoms with van der Waals surface area (Å²) in [6.07, 6.45) is 0.202. The number of nitrogens with zero attached hydrogens (tertiary/aromatic N) is 3. The Hall–Kier alpha value is -4.30. The van der Waals surface area contributed by atoms with Crippen LogP contribution >= 0.6 is 0 Å². The molecule has 1 atom stereocenters. The highest BCUT2D eigenvalue weighted by Gasteiger charge is 2.37. The lowest BCUT2D eigenvalue weighted by molar-refractivity contribution is -0.157. The topological polar surface area (TPSA) is 120 Å². The summed E-state index contributed by atoms with van der Waals surface area (Å²) in [5, 5.41) is 11.4. The number of esters is 1. The van der Waals surface area contributed by atoms with Crippen molar-refractivity contribution in [1.82, 2.24) is 9.55 Å². The monoisotopic (exact) mass is 494 g/mol. The zero-order chi connectivity index (χ0) is 26.1. The third kappa shape index (κ3) is 3.55. The van der Waals surface area contributed by atoms with Crippen molar-refractivity contribution >= 4 is 34.5 Å². The molecule has 0 radical (unpaired) electrons. The molecule has 2 aliphatic rings. The number of benzene rings is 2. The number of para-hydroxylation sites is 1. The smallest absolute Gasteiger partial charge is 0.340 e. The Labute approximate surface area is 213 Å². The molecule has 186 valence electrons. The molecule has 2 aromatic heterocycles. The van der Waals surface area contributed by atoms with Crippen LogP contribution in [0.1, 0.15) is 54.7 Å². The number of aliphatic imine (C=N–C) groups is 1. The number of rotatable bonds is 2. The van der Waals surface area contributed by atoms with Gasteiger partial charge in [0.25, 0.3) is 5.56 Å². The van der Waals surface area contributed by atoms with Crippen LogP contribution in [0.2, 0.25) is 0 Å². The fraction of sp³-hybridized carbons (Fsp3) is 0.241. The number of nitrogen functional groups attached to an aromatic ring is 1. The van der Waals surface area contributed by atoms with Gasteiger partial charge < -0.3 is 20.1 Å². The second-order valence-electron chi connectivity index (χ2n) is 10.5. The fourth-order valence-electron chi connectivity index (χ4n) is 5.14. The zero-order valence-corrected chi connectivity index (χ0v) is 20.8. The molecule has 0 aliphatic carbocycles. The van der Waals surface area contributed by atoms with Gasteiger partial charge >= 0.3 is 5.97 Å². The van der Waals surface area contributed by atoms with E-state index in [1.807, 2.05) is 42.6 Å². The molecule has 2 aromatic carbocycles. The first-order chi connectivity index (χ1) is 17.6. The second kappa shape index (κ2) is 8.11. The van der Waals surface area contributed by atoms with Crippen LogP contribution in [0, 0.1) is 0 Å². The molecule has 4 heterocycles. The largest absolute Gasteiger partial charge is 0.458 e. The van der Waals surface area contributed by atoms with E-state index in [-0.39, 0.29) is 40.9 Å². The highest BCUT2D eigenvalue weighted by atomic mass is 16.5. The number of anilines is 1. The molecule has 8 heteroatoms. The zero-order valence-electron chi connectivity index (χ0n) is 20.8. The van der Waals surface area contributed by atoms with E-state index in [1.165, 1.54) is 5.56 Å². The standard InChI is InChI=1S/C29H26N4O4/c1-29(2,3)15-8-10-16(11-9-15)31-12-18-17-6-4-5-7-21(17)32-24-19(18)13-33-25(24)23(30)22-20(27(33)35)14-37-28(36)26(22)34/h4-12,26,34H,13-14,30H2,1-3H3. The van der Waals surface area contributed by atoms with Gasteiger partial charge in [0.15, 0.2) is 6.10 Å². The maximum absolute atomic E-state index is 13.4. The molecule has 0 saturated heterocycles. The maximum Gasteiger partial charge on any atom is 0.340 e. The van der Waals surface area contributed by atoms with Gasteiger partial charge in [-0.05, 0) is 29.2 Å². The summed E-state index contributed by atoms with van der Waals surface area (Å²) in [5.41, 5.74) is 12.0. The van der Waals surface area contributed by atoms with Crippen LogP contribution in [0.4, 0.5) is 11.4 Å². The van der Waals surface area contributed by atoms with Crippen molar-refractivity contribution in [1.29, 1.82) is 0 Å². The summed E-state index contributed by atoms with van der Waals surface area (Å²) in [6, 6.07) is 15.8. The molecule has 0 bridgehead atoms. The number of carbonyl (C=O) groups excluding carboxylic acids is 1. The molecule has 0 fully saturated rings. The van der Waals surface area contributed by atoms with Crippen molar-refractivity contribution < 1.29 is 14.6 Å². The third-order valence-corrected chi connectivity index (χ3v) is 7.15. The van der Waals surface area contributed by atoms with E-state index in [0.29, 0.717) is 11.4 Å². The Morgan fingerprint density at radius 3 is 2.57 bits per heavy atom. The number of fused-ring (bicyclic) bond motifs is 5. The predicted molar refractivity (Wildman–Crippen MR) is 142 cm³/mol. The quantitative estimate of drug-likeness (QED) is 0.281. The average molecular weight is 495 g/mol. The summed E-state index contributed by atoms with van der Waals surface area (Å²) in [7, 11) is 0. The number of carbonyl (C=O) groups is 1. The molecule has 0 spiro atoms. The Balaban J connectivity index is 1.54. The van der Waals surface area contributed by atoms with Crippen molar-refractivity contribution in [2.24, 2.45) is 4.99 Å². The number of pyridine rings is 2. The molecule has 0 amide bonds. The van der Waals surface area contributed by atoms with Crippen LogP contribution in [-0.4, -0.2) is 26.8 Å². The van der Waals surface area contributed by atoms with Gasteiger partial charge in [-0.1, -0.05) is 51.1 Å². The molecule has 3 N–H and O–H groups in total. The number of aliphatic hydroxyl groups is 1. The normalized spacial score (nSPS) is 16.5. The van der Waals surface area contributed by atoms with E-state index >= 15 is 0 Å². The SMILES string of the molecule is CC(C)(C)c1ccc(N=Cc2c3c(nc4ccccc24)-c2c(N)c4c(c(=O)n2C3)COC(=O)C4O)cc1. The number of nitrogens with two attached hydrogens (primary N) is 1. The molecule has 0 saturated carbocycles. The molecule has 8 nitrogen and oxygen atoms in total. The maximum atomic E-state index is 13.4. The number of hydrogen-bond donors (Lipinski definition) is 2. The van der Waals surface area contributed by atoms with E-state index in [1.54, 1.807) is 4.57 Å². The first kappa shape index (κ1) is 23.1. The summed E-state index contributed by atoms with van der Waals surface area (Å²) in [6.45, 7) is 6.53. The molecular weight excluding hydrogens is 468 g/mol. The van der Waals surface area contributed by atoms with Gasteiger partial charge in [0.2, 0.25) is 0 Å². The van der Waals surface area contributed by atoms with Gasteiger partial charge in [0, 0.05) is 28.3 Å². The number of cyclic esters (lactones) is 1. The molecule has 2 aliphatic heterocycles. The molecule has 1 unspecified atom stereocenters. The van der Waals surface area contributed by atoms with Crippen molar-refractivity contribution in [2.75, 3.05) is 5.73 Å². The highest BCUT2D eigenvalue weighted by Crippen LogP contribution is 2.42. The lowest BCUT2D eigenvalue weighted by Gasteiger charge is -2.23. The number of aromatic nitrogens is 2. The lowest BCUT2D eigenvalue weighted by atomic mass is 9.87. The van der Waals surface area contributed by atoms with E-state index in [0.717, 1.165) is 27.7 Å². The first-order valence-electron chi connectivity index (χ1n) is 12.1. The van der Waals surface area contributed by atoms with Crippen LogP contribution in [0.3, 0.4) is 0 Å². The van der Waals surface area contributed by atoms with Crippen LogP contribution in [0.25, 0.3) is 22.3 Å². The molecule has 4 aromatic rings. The van der Waals surface area contributed by atoms with Gasteiger partial charge in [0.05, 0.1) is 40.4 Å². The predicted octanol–water partition coefficient (Wildman–Crippen LogP) is 4.15. The third-order valence-electron chi connectivity index (χ3n) is 7.15. The summed E-state index contributed by atoms with van der Waals surface area (Å²) >= 11 is 0. The van der Waals surface area contributed by atoms with E-state index in [4.69, 9.17) is 20.4 Å². The van der Waals surface area contributed by atoms with E-state index in [2.05, 4.69) is 32.9 Å². The number of hydrogen-bond acceptors (Lipinski definition) is 7. The lowest BCUT2D eigenvalue weighted by Crippen LogP contribution is -2.33. The van der Waals surface area contributed by atoms with Crippen LogP contribution < -0.4 is 11.3 Å². The number of ether oxygens (including phenoxy) is 1. The van der Waals surface area contributed by atoms with Crippen molar-refractivity contribution in [3.8, 4) is 11.4 Å². The van der Waals surface area contributed by atoms with Crippen molar-refractivity contribution in [2.45, 2.75) is 45.4 Å². The Kier molecular flexibility index (Phi) is 5.07. The highest BCUT2D eigenvalue weighted by molar-refractivity contribution is 6.04. The minimum atomic E-state index is -1.61. The Bertz CT molecular complexity index is 1700. The molecule has 6 rings (SSSR count). The van der Waals surface area contributed by atoms with Gasteiger partial charge in [-0.25, -0.2) is 9.78 Å². The first-order valence-corrected chi connectivity index (χ1v) is 12.1. The van der Waals surface area contributed by atoms with E-state index in [9.17, 15) is 14.7 Å². The summed E-state index contributed by atoms with van der Waals surface area (Å²) < 4.78 is 6.55. The van der Waals surface area contributed by atoms with Crippen LogP contribution in [0.15, 0.2) is 58.3 Å². The second-order valence-corrected chi connectivity index (χ2v) is 10.5. The van der Waals surface area contributed by atoms with Crippen LogP contribution in [0.5, 0.6) is 0 Å². The molecular formula is C29H26N4O4. The van der Waals surface area contributed by atoms with Crippen molar-refractivity contribution in [3.63, 3.8) is 0 Å². The van der Waals surface area contributed by atoms with Gasteiger partial charge in [0.1, 0.15) is 6.61 Å². The number of aliphatic hydroxyl groups excluding tert-OH is 1. The van der Waals surface area contributed by atoms with Gasteiger partial charge in [-0.3, -0.25) is 9.79 Å². The average Bonchev–Trinajstić information content (AvgIpc) is 3.26. The Morgan fingerprint density at radius 1 is 1.11 bits per heavy atom. The fourth-order valence-corrected chi connectivity index (χ4v) is 5.14. The summed E-state index contributed by atoms with van der Waals surface area (Å²) in [4.78, 5) is 35.0. The summed E-state index contributed by atoms with van der Waals surface area (Å²) in [5.74, 6) is -0.821. The van der Waals surface area contributed by atoms with Gasteiger partial charge in [-0.15, -0.1) is 0 Å². The Morgan fingerprint density at radius 2 is 1.84 bits per heavy atom. The van der Waals surface area contributed by atoms with Crippen molar-refractivity contribution in [3.05, 3.63) is 86.7 Å². The molecule has 37 heavy (non-hydrogen) atoms. The van der Waals surface area contributed by atoms with Gasteiger partial charge in [-0.2, -0.15) is 0 Å².